The van der Waals surface area contributed by atoms with Gasteiger partial charge >= 0.3 is 0 Å². The van der Waals surface area contributed by atoms with Crippen molar-refractivity contribution in [2.45, 2.75) is 0 Å². The minimum absolute atomic E-state index is 0.888. The molecule has 0 radical (unpaired) electrons. The molecule has 8 aromatic carbocycles. The average Bonchev–Trinajstić information content (AvgIpc) is 3.72. The first-order chi connectivity index (χ1) is 24.3. The highest BCUT2D eigenvalue weighted by Gasteiger charge is 2.22. The maximum atomic E-state index is 6.61. The average molecular weight is 627 g/mol. The van der Waals surface area contributed by atoms with E-state index in [4.69, 9.17) is 4.42 Å². The van der Waals surface area contributed by atoms with Gasteiger partial charge in [0.2, 0.25) is 0 Å². The summed E-state index contributed by atoms with van der Waals surface area (Å²) < 4.78 is 8.99. The standard InChI is InChI=1S/C46H30N2O/c1-3-15-32(16-4-1)47(34-27-29-38-36-20-9-12-24-42(36)48(43(38)30-34)33-17-5-2-6-18-33)41-23-11-10-21-37(41)39-22-13-25-44-45(39)40-28-26-31-14-7-8-19-35(31)46(40)49-44/h1-30H. The zero-order valence-electron chi connectivity index (χ0n) is 26.6. The van der Waals surface area contributed by atoms with Crippen molar-refractivity contribution in [3.8, 4) is 16.8 Å². The van der Waals surface area contributed by atoms with Gasteiger partial charge in [0.05, 0.1) is 16.7 Å². The molecule has 0 aliphatic heterocycles. The molecule has 2 aromatic heterocycles. The van der Waals surface area contributed by atoms with E-state index in [1.807, 2.05) is 0 Å². The molecule has 0 aliphatic rings. The van der Waals surface area contributed by atoms with Gasteiger partial charge in [-0.05, 0) is 71.6 Å². The van der Waals surface area contributed by atoms with E-state index in [0.717, 1.165) is 66.7 Å². The Balaban J connectivity index is 1.24. The van der Waals surface area contributed by atoms with Crippen molar-refractivity contribution in [3.63, 3.8) is 0 Å². The lowest BCUT2D eigenvalue weighted by molar-refractivity contribution is 0.673. The second-order valence-corrected chi connectivity index (χ2v) is 12.5. The summed E-state index contributed by atoms with van der Waals surface area (Å²) in [4.78, 5) is 2.39. The molecular formula is C46H30N2O. The molecule has 0 aliphatic carbocycles. The lowest BCUT2D eigenvalue weighted by atomic mass is 9.96. The van der Waals surface area contributed by atoms with Crippen LogP contribution < -0.4 is 4.90 Å². The lowest BCUT2D eigenvalue weighted by Crippen LogP contribution is -2.11. The number of anilines is 3. The molecule has 0 saturated carbocycles. The Kier molecular flexibility index (Phi) is 6.18. The Morgan fingerprint density at radius 2 is 1.10 bits per heavy atom. The molecule has 10 rings (SSSR count). The van der Waals surface area contributed by atoms with Crippen LogP contribution in [0.4, 0.5) is 17.1 Å². The van der Waals surface area contributed by atoms with E-state index in [-0.39, 0.29) is 0 Å². The Labute approximate surface area is 283 Å². The van der Waals surface area contributed by atoms with Gasteiger partial charge in [-0.3, -0.25) is 0 Å². The van der Waals surface area contributed by atoms with Crippen molar-refractivity contribution >= 4 is 71.6 Å². The summed E-state index contributed by atoms with van der Waals surface area (Å²) in [7, 11) is 0. The molecule has 0 N–H and O–H groups in total. The van der Waals surface area contributed by atoms with E-state index in [0.29, 0.717) is 0 Å². The molecule has 2 heterocycles. The predicted molar refractivity (Wildman–Crippen MR) is 206 cm³/mol. The van der Waals surface area contributed by atoms with E-state index in [9.17, 15) is 0 Å². The summed E-state index contributed by atoms with van der Waals surface area (Å²) in [6.07, 6.45) is 0. The summed E-state index contributed by atoms with van der Waals surface area (Å²) in [6.45, 7) is 0. The van der Waals surface area contributed by atoms with Crippen LogP contribution in [0.5, 0.6) is 0 Å². The second kappa shape index (κ2) is 11.0. The third kappa shape index (κ3) is 4.29. The monoisotopic (exact) mass is 626 g/mol. The van der Waals surface area contributed by atoms with Gasteiger partial charge in [-0.25, -0.2) is 0 Å². The minimum atomic E-state index is 0.888. The molecule has 0 amide bonds. The topological polar surface area (TPSA) is 21.3 Å². The molecule has 3 nitrogen and oxygen atoms in total. The maximum Gasteiger partial charge on any atom is 0.143 e. The third-order valence-corrected chi connectivity index (χ3v) is 9.77. The highest BCUT2D eigenvalue weighted by Crippen LogP contribution is 2.46. The minimum Gasteiger partial charge on any atom is -0.455 e. The fourth-order valence-electron chi connectivity index (χ4n) is 7.63. The van der Waals surface area contributed by atoms with Crippen LogP contribution in [-0.4, -0.2) is 4.57 Å². The normalized spacial score (nSPS) is 11.7. The number of hydrogen-bond donors (Lipinski definition) is 0. The summed E-state index contributed by atoms with van der Waals surface area (Å²) in [5, 5.41) is 7.03. The van der Waals surface area contributed by atoms with Crippen LogP contribution in [0.2, 0.25) is 0 Å². The zero-order valence-corrected chi connectivity index (χ0v) is 26.6. The smallest absolute Gasteiger partial charge is 0.143 e. The van der Waals surface area contributed by atoms with E-state index < -0.39 is 0 Å². The molecule has 0 unspecified atom stereocenters. The number of rotatable bonds is 5. The summed E-state index contributed by atoms with van der Waals surface area (Å²) in [5.74, 6) is 0. The maximum absolute atomic E-state index is 6.61. The number of aromatic nitrogens is 1. The Bertz CT molecular complexity index is 2830. The molecule has 0 fully saturated rings. The largest absolute Gasteiger partial charge is 0.455 e. The number of furan rings is 1. The van der Waals surface area contributed by atoms with E-state index in [2.05, 4.69) is 191 Å². The molecule has 0 spiro atoms. The molecule has 10 aromatic rings. The number of nitrogens with zero attached hydrogens (tertiary/aromatic N) is 2. The van der Waals surface area contributed by atoms with Crippen LogP contribution in [0.15, 0.2) is 186 Å². The van der Waals surface area contributed by atoms with Crippen molar-refractivity contribution in [1.29, 1.82) is 0 Å². The van der Waals surface area contributed by atoms with Crippen LogP contribution in [0.3, 0.4) is 0 Å². The van der Waals surface area contributed by atoms with E-state index in [1.54, 1.807) is 0 Å². The van der Waals surface area contributed by atoms with Crippen molar-refractivity contribution in [2.75, 3.05) is 4.90 Å². The highest BCUT2D eigenvalue weighted by atomic mass is 16.3. The highest BCUT2D eigenvalue weighted by molar-refractivity contribution is 6.20. The first kappa shape index (κ1) is 27.5. The van der Waals surface area contributed by atoms with Crippen LogP contribution in [0, 0.1) is 0 Å². The first-order valence-corrected chi connectivity index (χ1v) is 16.7. The Morgan fingerprint density at radius 1 is 0.429 bits per heavy atom. The van der Waals surface area contributed by atoms with Gasteiger partial charge in [-0.1, -0.05) is 121 Å². The Hall–Kier alpha value is -6.58. The molecule has 49 heavy (non-hydrogen) atoms. The molecule has 0 saturated heterocycles. The van der Waals surface area contributed by atoms with Gasteiger partial charge in [0.25, 0.3) is 0 Å². The van der Waals surface area contributed by atoms with E-state index in [1.165, 1.54) is 21.7 Å². The van der Waals surface area contributed by atoms with Gasteiger partial charge in [-0.2, -0.15) is 0 Å². The third-order valence-electron chi connectivity index (χ3n) is 9.77. The van der Waals surface area contributed by atoms with Crippen LogP contribution >= 0.6 is 0 Å². The fourth-order valence-corrected chi connectivity index (χ4v) is 7.63. The number of benzene rings is 8. The van der Waals surface area contributed by atoms with Gasteiger partial charge < -0.3 is 13.9 Å². The predicted octanol–water partition coefficient (Wildman–Crippen LogP) is 13.0. The molecular weight excluding hydrogens is 597 g/mol. The summed E-state index contributed by atoms with van der Waals surface area (Å²) >= 11 is 0. The van der Waals surface area contributed by atoms with Crippen LogP contribution in [0.25, 0.3) is 71.3 Å². The quantitative estimate of drug-likeness (QED) is 0.190. The SMILES string of the molecule is c1ccc(N(c2ccc3c4ccccc4n(-c4ccccc4)c3c2)c2ccccc2-c2cccc3oc4c5ccccc5ccc4c23)cc1. The first-order valence-electron chi connectivity index (χ1n) is 16.7. The van der Waals surface area contributed by atoms with Gasteiger partial charge in [0.15, 0.2) is 0 Å². The lowest BCUT2D eigenvalue weighted by Gasteiger charge is -2.28. The van der Waals surface area contributed by atoms with Gasteiger partial charge in [0.1, 0.15) is 11.2 Å². The number of fused-ring (bicyclic) bond motifs is 8. The number of para-hydroxylation sites is 4. The summed E-state index contributed by atoms with van der Waals surface area (Å²) in [6, 6.07) is 64.9. The van der Waals surface area contributed by atoms with Gasteiger partial charge in [-0.15, -0.1) is 0 Å². The molecule has 3 heteroatoms. The second-order valence-electron chi connectivity index (χ2n) is 12.5. The van der Waals surface area contributed by atoms with Crippen molar-refractivity contribution in [3.05, 3.63) is 182 Å². The number of hydrogen-bond acceptors (Lipinski definition) is 2. The van der Waals surface area contributed by atoms with Crippen molar-refractivity contribution < 1.29 is 4.42 Å². The summed E-state index contributed by atoms with van der Waals surface area (Å²) in [5.41, 5.74) is 10.9. The molecule has 0 atom stereocenters. The molecule has 0 bridgehead atoms. The Morgan fingerprint density at radius 3 is 1.98 bits per heavy atom. The van der Waals surface area contributed by atoms with Gasteiger partial charge in [0, 0.05) is 49.6 Å². The zero-order chi connectivity index (χ0) is 32.3. The van der Waals surface area contributed by atoms with Crippen molar-refractivity contribution in [1.82, 2.24) is 4.57 Å². The fraction of sp³-hybridized carbons (Fsp3) is 0. The molecule has 230 valence electrons. The van der Waals surface area contributed by atoms with Crippen molar-refractivity contribution in [2.24, 2.45) is 0 Å². The van der Waals surface area contributed by atoms with E-state index >= 15 is 0 Å². The van der Waals surface area contributed by atoms with Crippen LogP contribution in [0.1, 0.15) is 0 Å². The van der Waals surface area contributed by atoms with Crippen LogP contribution in [-0.2, 0) is 0 Å².